The summed E-state index contributed by atoms with van der Waals surface area (Å²) >= 11 is 6.32. The molecule has 3 rings (SSSR count). The Morgan fingerprint density at radius 3 is 2.53 bits per heavy atom. The van der Waals surface area contributed by atoms with Crippen molar-refractivity contribution in [2.75, 3.05) is 19.0 Å². The molecule has 1 heterocycles. The molecule has 2 N–H and O–H groups in total. The van der Waals surface area contributed by atoms with E-state index in [1.807, 2.05) is 32.9 Å². The van der Waals surface area contributed by atoms with Gasteiger partial charge in [0.15, 0.2) is 11.5 Å². The van der Waals surface area contributed by atoms with E-state index in [1.165, 1.54) is 13.2 Å². The van der Waals surface area contributed by atoms with E-state index in [-0.39, 0.29) is 11.8 Å². The van der Waals surface area contributed by atoms with Crippen molar-refractivity contribution in [3.8, 4) is 11.5 Å². The molecule has 0 radical (unpaired) electrons. The first-order valence-electron chi connectivity index (χ1n) is 9.93. The van der Waals surface area contributed by atoms with Gasteiger partial charge >= 0.3 is 6.03 Å². The highest BCUT2D eigenvalue weighted by molar-refractivity contribution is 6.32. The molecule has 4 amide bonds. The van der Waals surface area contributed by atoms with Crippen LogP contribution in [0.25, 0.3) is 6.08 Å². The van der Waals surface area contributed by atoms with Crippen LogP contribution in [0.2, 0.25) is 5.02 Å². The highest BCUT2D eigenvalue weighted by Crippen LogP contribution is 2.37. The van der Waals surface area contributed by atoms with Crippen molar-refractivity contribution in [2.45, 2.75) is 26.9 Å². The number of ether oxygens (including phenoxy) is 2. The van der Waals surface area contributed by atoms with Crippen LogP contribution in [0.1, 0.15) is 25.0 Å². The molecule has 168 valence electrons. The highest BCUT2D eigenvalue weighted by atomic mass is 35.5. The summed E-state index contributed by atoms with van der Waals surface area (Å²) in [5.74, 6) is -0.322. The van der Waals surface area contributed by atoms with Gasteiger partial charge in [-0.2, -0.15) is 0 Å². The number of nitrogens with zero attached hydrogens (tertiary/aromatic N) is 1. The van der Waals surface area contributed by atoms with E-state index in [2.05, 4.69) is 10.6 Å². The number of imide groups is 1. The summed E-state index contributed by atoms with van der Waals surface area (Å²) < 4.78 is 11.0. The lowest BCUT2D eigenvalue weighted by Crippen LogP contribution is -2.38. The lowest BCUT2D eigenvalue weighted by atomic mass is 10.1. The average Bonchev–Trinajstić information content (AvgIpc) is 2.98. The van der Waals surface area contributed by atoms with Crippen LogP contribution in [0.3, 0.4) is 0 Å². The summed E-state index contributed by atoms with van der Waals surface area (Å²) in [4.78, 5) is 38.1. The maximum atomic E-state index is 12.7. The number of halogens is 1. The first kappa shape index (κ1) is 23.1. The molecular weight excluding hydrogens is 434 g/mol. The number of methoxy groups -OCH3 is 1. The van der Waals surface area contributed by atoms with Gasteiger partial charge in [-0.1, -0.05) is 29.3 Å². The lowest BCUT2D eigenvalue weighted by molar-refractivity contribution is -0.127. The molecule has 0 saturated carbocycles. The molecule has 8 nitrogen and oxygen atoms in total. The number of anilines is 1. The van der Waals surface area contributed by atoms with Crippen LogP contribution in [0, 0.1) is 6.92 Å². The summed E-state index contributed by atoms with van der Waals surface area (Å²) in [7, 11) is 1.48. The standard InChI is InChI=1S/C23H24ClN3O5/c1-13(2)32-21-17(24)9-15(11-19(21)31-4)10-18-22(29)27(23(30)26-18)12-20(28)25-16-7-5-14(3)6-8-16/h5-11,13H,12H2,1-4H3,(H,25,28)(H,26,30)/b18-10-. The maximum Gasteiger partial charge on any atom is 0.329 e. The first-order valence-corrected chi connectivity index (χ1v) is 10.3. The van der Waals surface area contributed by atoms with E-state index >= 15 is 0 Å². The van der Waals surface area contributed by atoms with Gasteiger partial charge in [-0.15, -0.1) is 0 Å². The fraction of sp³-hybridized carbons (Fsp3) is 0.261. The van der Waals surface area contributed by atoms with Crippen LogP contribution in [-0.2, 0) is 9.59 Å². The molecule has 0 unspecified atom stereocenters. The van der Waals surface area contributed by atoms with Gasteiger partial charge in [-0.05, 0) is 56.7 Å². The molecular formula is C23H24ClN3O5. The first-order chi connectivity index (χ1) is 15.2. The number of nitrogens with one attached hydrogen (secondary N) is 2. The topological polar surface area (TPSA) is 97.0 Å². The number of amides is 4. The minimum atomic E-state index is -0.682. The molecule has 0 bridgehead atoms. The number of aryl methyl sites for hydroxylation is 1. The Morgan fingerprint density at radius 1 is 1.22 bits per heavy atom. The Balaban J connectivity index is 1.75. The highest BCUT2D eigenvalue weighted by Gasteiger charge is 2.35. The zero-order chi connectivity index (χ0) is 23.4. The van der Waals surface area contributed by atoms with Crippen LogP contribution < -0.4 is 20.1 Å². The molecule has 0 aliphatic carbocycles. The van der Waals surface area contributed by atoms with E-state index in [0.29, 0.717) is 27.8 Å². The molecule has 9 heteroatoms. The number of benzene rings is 2. The second-order valence-electron chi connectivity index (χ2n) is 7.49. The smallest absolute Gasteiger partial charge is 0.329 e. The van der Waals surface area contributed by atoms with Gasteiger partial charge in [0.25, 0.3) is 5.91 Å². The Morgan fingerprint density at radius 2 is 1.91 bits per heavy atom. The van der Waals surface area contributed by atoms with E-state index in [9.17, 15) is 14.4 Å². The Kier molecular flexibility index (Phi) is 7.05. The van der Waals surface area contributed by atoms with Crippen LogP contribution in [0.5, 0.6) is 11.5 Å². The predicted molar refractivity (Wildman–Crippen MR) is 122 cm³/mol. The van der Waals surface area contributed by atoms with E-state index in [0.717, 1.165) is 10.5 Å². The molecule has 2 aromatic carbocycles. The van der Waals surface area contributed by atoms with Crippen molar-refractivity contribution in [3.63, 3.8) is 0 Å². The Hall–Kier alpha value is -3.52. The van der Waals surface area contributed by atoms with Crippen molar-refractivity contribution in [1.82, 2.24) is 10.2 Å². The maximum absolute atomic E-state index is 12.7. The number of hydrogen-bond donors (Lipinski definition) is 2. The van der Waals surface area contributed by atoms with Crippen molar-refractivity contribution < 1.29 is 23.9 Å². The normalized spacial score (nSPS) is 14.7. The molecule has 1 saturated heterocycles. The van der Waals surface area contributed by atoms with Crippen LogP contribution >= 0.6 is 11.6 Å². The van der Waals surface area contributed by atoms with E-state index < -0.39 is 24.4 Å². The minimum Gasteiger partial charge on any atom is -0.493 e. The fourth-order valence-electron chi connectivity index (χ4n) is 3.04. The lowest BCUT2D eigenvalue weighted by Gasteiger charge is -2.15. The summed E-state index contributed by atoms with van der Waals surface area (Å²) in [6, 6.07) is 9.74. The third-order valence-corrected chi connectivity index (χ3v) is 4.80. The minimum absolute atomic E-state index is 0.0220. The van der Waals surface area contributed by atoms with Crippen molar-refractivity contribution >= 4 is 41.2 Å². The molecule has 2 aromatic rings. The fourth-order valence-corrected chi connectivity index (χ4v) is 3.30. The number of rotatable bonds is 7. The van der Waals surface area contributed by atoms with Crippen molar-refractivity contribution in [3.05, 3.63) is 58.2 Å². The predicted octanol–water partition coefficient (Wildman–Crippen LogP) is 3.98. The van der Waals surface area contributed by atoms with Crippen molar-refractivity contribution in [1.29, 1.82) is 0 Å². The summed E-state index contributed by atoms with van der Waals surface area (Å²) in [5, 5.41) is 5.45. The van der Waals surface area contributed by atoms with Crippen LogP contribution in [0.4, 0.5) is 10.5 Å². The van der Waals surface area contributed by atoms with E-state index in [1.54, 1.807) is 24.3 Å². The van der Waals surface area contributed by atoms with E-state index in [4.69, 9.17) is 21.1 Å². The Labute approximate surface area is 191 Å². The van der Waals surface area contributed by atoms with Crippen LogP contribution in [0.15, 0.2) is 42.1 Å². The van der Waals surface area contributed by atoms with Gasteiger partial charge in [-0.3, -0.25) is 9.59 Å². The molecule has 1 aliphatic heterocycles. The van der Waals surface area contributed by atoms with Gasteiger partial charge in [0.2, 0.25) is 5.91 Å². The quantitative estimate of drug-likeness (QED) is 0.484. The Bertz CT molecular complexity index is 1080. The molecule has 0 spiro atoms. The largest absolute Gasteiger partial charge is 0.493 e. The third kappa shape index (κ3) is 5.39. The van der Waals surface area contributed by atoms with Gasteiger partial charge in [0, 0.05) is 5.69 Å². The summed E-state index contributed by atoms with van der Waals surface area (Å²) in [5.41, 5.74) is 2.17. The van der Waals surface area contributed by atoms with Crippen LogP contribution in [-0.4, -0.2) is 42.5 Å². The summed E-state index contributed by atoms with van der Waals surface area (Å²) in [6.45, 7) is 5.24. The SMILES string of the molecule is COc1cc(/C=C2\NC(=O)N(CC(=O)Nc3ccc(C)cc3)C2=O)cc(Cl)c1OC(C)C. The third-order valence-electron chi connectivity index (χ3n) is 4.52. The number of carbonyl (C=O) groups excluding carboxylic acids is 3. The monoisotopic (exact) mass is 457 g/mol. The second kappa shape index (κ2) is 9.74. The van der Waals surface area contributed by atoms with Gasteiger partial charge in [0.1, 0.15) is 12.2 Å². The van der Waals surface area contributed by atoms with Gasteiger partial charge in [0.05, 0.1) is 18.2 Å². The number of carbonyl (C=O) groups is 3. The average molecular weight is 458 g/mol. The van der Waals surface area contributed by atoms with Gasteiger partial charge < -0.3 is 20.1 Å². The van der Waals surface area contributed by atoms with Gasteiger partial charge in [-0.25, -0.2) is 9.69 Å². The molecule has 1 fully saturated rings. The zero-order valence-electron chi connectivity index (χ0n) is 18.2. The number of hydrogen-bond acceptors (Lipinski definition) is 5. The zero-order valence-corrected chi connectivity index (χ0v) is 18.9. The molecule has 0 aromatic heterocycles. The second-order valence-corrected chi connectivity index (χ2v) is 7.90. The molecule has 1 aliphatic rings. The summed E-state index contributed by atoms with van der Waals surface area (Å²) in [6.07, 6.45) is 1.35. The van der Waals surface area contributed by atoms with Crippen molar-refractivity contribution in [2.24, 2.45) is 0 Å². The molecule has 0 atom stereocenters. The number of urea groups is 1. The molecule has 32 heavy (non-hydrogen) atoms.